The lowest BCUT2D eigenvalue weighted by molar-refractivity contribution is 0.0455. The van der Waals surface area contributed by atoms with Crippen molar-refractivity contribution in [2.24, 2.45) is 0 Å². The van der Waals surface area contributed by atoms with Gasteiger partial charge in [-0.1, -0.05) is 42.0 Å². The van der Waals surface area contributed by atoms with Crippen molar-refractivity contribution in [3.63, 3.8) is 0 Å². The van der Waals surface area contributed by atoms with E-state index in [4.69, 9.17) is 28.1 Å². The fraction of sp³-hybridized carbons (Fsp3) is 0.414. The Balaban J connectivity index is 1.75. The average molecular weight is 495 g/mol. The van der Waals surface area contributed by atoms with Gasteiger partial charge in [-0.25, -0.2) is 0 Å². The molecule has 0 radical (unpaired) electrons. The highest BCUT2D eigenvalue weighted by atomic mass is 16.7. The standard InChI is InChI=1S/C29H34O7/c1-19(12-14-26-29(2,3)36-26)11-13-21-24(33-17-31-4)16-25-27(28(21)34-18-32-5)22(30)15-23(35-25)20-9-7-6-8-10-20/h6-11,15-16,26H,12-14,17-18H2,1-5H3/b19-11+. The van der Waals surface area contributed by atoms with Crippen molar-refractivity contribution in [2.45, 2.75) is 51.7 Å². The molecule has 36 heavy (non-hydrogen) atoms. The number of epoxide rings is 1. The first-order chi connectivity index (χ1) is 17.3. The number of fused-ring (bicyclic) bond motifs is 1. The Hall–Kier alpha value is -3.13. The normalized spacial score (nSPS) is 16.8. The summed E-state index contributed by atoms with van der Waals surface area (Å²) in [5.74, 6) is 1.39. The fourth-order valence-corrected chi connectivity index (χ4v) is 4.25. The third-order valence-corrected chi connectivity index (χ3v) is 6.37. The van der Waals surface area contributed by atoms with Crippen molar-refractivity contribution in [2.75, 3.05) is 27.8 Å². The number of methoxy groups -OCH3 is 2. The summed E-state index contributed by atoms with van der Waals surface area (Å²) in [6, 6.07) is 12.7. The fourth-order valence-electron chi connectivity index (χ4n) is 4.25. The molecule has 1 unspecified atom stereocenters. The van der Waals surface area contributed by atoms with Crippen LogP contribution in [0.15, 0.2) is 63.3 Å². The first-order valence-electron chi connectivity index (χ1n) is 12.1. The van der Waals surface area contributed by atoms with E-state index in [2.05, 4.69) is 26.8 Å². The molecule has 0 spiro atoms. The zero-order valence-corrected chi connectivity index (χ0v) is 21.6. The molecule has 1 aromatic heterocycles. The molecule has 7 heteroatoms. The van der Waals surface area contributed by atoms with Gasteiger partial charge in [-0.05, 0) is 40.0 Å². The Morgan fingerprint density at radius 3 is 2.42 bits per heavy atom. The molecule has 0 N–H and O–H groups in total. The van der Waals surface area contributed by atoms with Crippen molar-refractivity contribution in [1.29, 1.82) is 0 Å². The largest absolute Gasteiger partial charge is 0.467 e. The first-order valence-corrected chi connectivity index (χ1v) is 12.1. The van der Waals surface area contributed by atoms with Gasteiger partial charge in [0.15, 0.2) is 19.0 Å². The smallest absolute Gasteiger partial charge is 0.197 e. The van der Waals surface area contributed by atoms with Gasteiger partial charge in [0, 0.05) is 37.5 Å². The van der Waals surface area contributed by atoms with Crippen LogP contribution in [0, 0.1) is 0 Å². The zero-order valence-electron chi connectivity index (χ0n) is 21.6. The quantitative estimate of drug-likeness (QED) is 0.177. The van der Waals surface area contributed by atoms with E-state index in [1.165, 1.54) is 18.7 Å². The van der Waals surface area contributed by atoms with Crippen molar-refractivity contribution in [3.8, 4) is 22.8 Å². The van der Waals surface area contributed by atoms with E-state index in [1.807, 2.05) is 30.3 Å². The number of ether oxygens (including phenoxy) is 5. The molecule has 0 aliphatic carbocycles. The van der Waals surface area contributed by atoms with Gasteiger partial charge in [-0.3, -0.25) is 4.79 Å². The van der Waals surface area contributed by atoms with Crippen molar-refractivity contribution >= 4 is 11.0 Å². The number of allylic oxidation sites excluding steroid dienone is 2. The summed E-state index contributed by atoms with van der Waals surface area (Å²) < 4.78 is 34.1. The van der Waals surface area contributed by atoms with Gasteiger partial charge < -0.3 is 28.1 Å². The molecule has 1 fully saturated rings. The molecule has 192 valence electrons. The van der Waals surface area contributed by atoms with Crippen LogP contribution in [-0.2, 0) is 20.6 Å². The van der Waals surface area contributed by atoms with Gasteiger partial charge in [0.25, 0.3) is 0 Å². The van der Waals surface area contributed by atoms with E-state index in [-0.39, 0.29) is 24.6 Å². The molecule has 2 aromatic carbocycles. The second-order valence-electron chi connectivity index (χ2n) is 9.50. The second kappa shape index (κ2) is 11.3. The van der Waals surface area contributed by atoms with E-state index in [0.29, 0.717) is 40.8 Å². The summed E-state index contributed by atoms with van der Waals surface area (Å²) in [7, 11) is 3.09. The Kier molecular flexibility index (Phi) is 8.14. The summed E-state index contributed by atoms with van der Waals surface area (Å²) in [5.41, 5.74) is 2.92. The van der Waals surface area contributed by atoms with Crippen LogP contribution in [0.1, 0.15) is 39.2 Å². The van der Waals surface area contributed by atoms with Crippen LogP contribution in [0.25, 0.3) is 22.3 Å². The number of hydrogen-bond donors (Lipinski definition) is 0. The molecule has 1 aliphatic heterocycles. The summed E-state index contributed by atoms with van der Waals surface area (Å²) in [6.07, 6.45) is 4.84. The molecule has 0 bridgehead atoms. The lowest BCUT2D eigenvalue weighted by Crippen LogP contribution is -2.11. The van der Waals surface area contributed by atoms with Gasteiger partial charge in [-0.2, -0.15) is 0 Å². The van der Waals surface area contributed by atoms with Gasteiger partial charge in [0.05, 0.1) is 11.7 Å². The number of benzene rings is 2. The van der Waals surface area contributed by atoms with Crippen LogP contribution in [0.2, 0.25) is 0 Å². The third kappa shape index (κ3) is 5.98. The van der Waals surface area contributed by atoms with Crippen LogP contribution in [0.4, 0.5) is 0 Å². The Labute approximate surface area is 211 Å². The highest BCUT2D eigenvalue weighted by Gasteiger charge is 2.46. The van der Waals surface area contributed by atoms with Crippen LogP contribution in [0.3, 0.4) is 0 Å². The van der Waals surface area contributed by atoms with Crippen LogP contribution >= 0.6 is 0 Å². The Bertz CT molecular complexity index is 1270. The van der Waals surface area contributed by atoms with E-state index in [1.54, 1.807) is 13.2 Å². The minimum absolute atomic E-state index is 0.0203. The molecular formula is C29H34O7. The lowest BCUT2D eigenvalue weighted by Gasteiger charge is -2.17. The maximum atomic E-state index is 13.3. The maximum Gasteiger partial charge on any atom is 0.197 e. The number of hydrogen-bond acceptors (Lipinski definition) is 7. The predicted octanol–water partition coefficient (Wildman–Crippen LogP) is 5.87. The predicted molar refractivity (Wildman–Crippen MR) is 139 cm³/mol. The van der Waals surface area contributed by atoms with Crippen LogP contribution < -0.4 is 14.9 Å². The van der Waals surface area contributed by atoms with Gasteiger partial charge in [0.2, 0.25) is 0 Å². The molecule has 1 atom stereocenters. The summed E-state index contributed by atoms with van der Waals surface area (Å²) in [4.78, 5) is 13.3. The zero-order chi connectivity index (χ0) is 25.7. The number of rotatable bonds is 12. The van der Waals surface area contributed by atoms with Gasteiger partial charge in [0.1, 0.15) is 28.2 Å². The molecule has 3 aromatic rings. The second-order valence-corrected chi connectivity index (χ2v) is 9.50. The summed E-state index contributed by atoms with van der Waals surface area (Å²) >= 11 is 0. The first kappa shape index (κ1) is 25.9. The molecular weight excluding hydrogens is 460 g/mol. The Morgan fingerprint density at radius 2 is 1.75 bits per heavy atom. The van der Waals surface area contributed by atoms with E-state index >= 15 is 0 Å². The molecule has 0 saturated carbocycles. The lowest BCUT2D eigenvalue weighted by atomic mass is 10.00. The van der Waals surface area contributed by atoms with Gasteiger partial charge in [-0.15, -0.1) is 0 Å². The molecule has 7 nitrogen and oxygen atoms in total. The Morgan fingerprint density at radius 1 is 1.06 bits per heavy atom. The SMILES string of the molecule is COCOc1cc2oc(-c3ccccc3)cc(=O)c2c(OCOC)c1C/C=C(\C)CCC1OC1(C)C. The highest BCUT2D eigenvalue weighted by molar-refractivity contribution is 5.88. The molecule has 1 saturated heterocycles. The van der Waals surface area contributed by atoms with Crippen molar-refractivity contribution in [1.82, 2.24) is 0 Å². The third-order valence-electron chi connectivity index (χ3n) is 6.37. The topological polar surface area (TPSA) is 79.7 Å². The minimum Gasteiger partial charge on any atom is -0.467 e. The van der Waals surface area contributed by atoms with Crippen molar-refractivity contribution < 1.29 is 28.1 Å². The minimum atomic E-state index is -0.199. The van der Waals surface area contributed by atoms with E-state index < -0.39 is 0 Å². The molecule has 1 aliphatic rings. The van der Waals surface area contributed by atoms with E-state index in [0.717, 1.165) is 24.0 Å². The van der Waals surface area contributed by atoms with Crippen LogP contribution in [-0.4, -0.2) is 39.5 Å². The highest BCUT2D eigenvalue weighted by Crippen LogP contribution is 2.40. The summed E-state index contributed by atoms with van der Waals surface area (Å²) in [6.45, 7) is 6.34. The van der Waals surface area contributed by atoms with Gasteiger partial charge >= 0.3 is 0 Å². The molecule has 0 amide bonds. The maximum absolute atomic E-state index is 13.3. The molecule has 4 rings (SSSR count). The monoisotopic (exact) mass is 494 g/mol. The van der Waals surface area contributed by atoms with Crippen molar-refractivity contribution in [3.05, 3.63) is 69.9 Å². The van der Waals surface area contributed by atoms with E-state index in [9.17, 15) is 4.79 Å². The molecule has 2 heterocycles. The van der Waals surface area contributed by atoms with Crippen LogP contribution in [0.5, 0.6) is 11.5 Å². The summed E-state index contributed by atoms with van der Waals surface area (Å²) in [5, 5.41) is 0.352. The average Bonchev–Trinajstić information content (AvgIpc) is 3.49.